The van der Waals surface area contributed by atoms with Gasteiger partial charge in [0.05, 0.1) is 4.90 Å². The van der Waals surface area contributed by atoms with E-state index in [9.17, 15) is 8.42 Å². The van der Waals surface area contributed by atoms with E-state index in [1.807, 2.05) is 0 Å². The zero-order valence-electron chi connectivity index (χ0n) is 8.97. The molecule has 0 unspecified atom stereocenters. The topological polar surface area (TPSA) is 59.1 Å². The quantitative estimate of drug-likeness (QED) is 0.872. The van der Waals surface area contributed by atoms with Crippen LogP contribution in [0.4, 0.5) is 5.82 Å². The van der Waals surface area contributed by atoms with Gasteiger partial charge in [-0.25, -0.2) is 13.4 Å². The maximum Gasteiger partial charge on any atom is 0.263 e. The van der Waals surface area contributed by atoms with Gasteiger partial charge in [0, 0.05) is 15.1 Å². The minimum absolute atomic E-state index is 0.190. The molecule has 0 amide bonds. The summed E-state index contributed by atoms with van der Waals surface area (Å²) in [6.45, 7) is 0. The van der Waals surface area contributed by atoms with Gasteiger partial charge < -0.3 is 0 Å². The molecule has 2 rings (SSSR count). The Balaban J connectivity index is 2.27. The molecular formula is C11H8Br2N2O2S. The van der Waals surface area contributed by atoms with Crippen LogP contribution in [0.1, 0.15) is 0 Å². The second-order valence-electron chi connectivity index (χ2n) is 3.42. The summed E-state index contributed by atoms with van der Waals surface area (Å²) < 4.78 is 28.1. The number of hydrogen-bond donors (Lipinski definition) is 1. The fourth-order valence-corrected chi connectivity index (χ4v) is 2.75. The number of nitrogens with zero attached hydrogens (tertiary/aromatic N) is 1. The van der Waals surface area contributed by atoms with Crippen molar-refractivity contribution < 1.29 is 8.42 Å². The Morgan fingerprint density at radius 1 is 0.944 bits per heavy atom. The van der Waals surface area contributed by atoms with Crippen molar-refractivity contribution in [3.8, 4) is 0 Å². The summed E-state index contributed by atoms with van der Waals surface area (Å²) in [6.07, 6.45) is 1.53. The van der Waals surface area contributed by atoms with Crippen LogP contribution in [0.5, 0.6) is 0 Å². The van der Waals surface area contributed by atoms with Gasteiger partial charge in [-0.05, 0) is 52.3 Å². The number of halogens is 2. The first-order chi connectivity index (χ1) is 8.47. The molecule has 2 aromatic rings. The third-order valence-corrected chi connectivity index (χ3v) is 4.46. The summed E-state index contributed by atoms with van der Waals surface area (Å²) in [5.74, 6) is 0.279. The Bertz CT molecular complexity index is 640. The van der Waals surface area contributed by atoms with Gasteiger partial charge in [0.1, 0.15) is 5.82 Å². The van der Waals surface area contributed by atoms with E-state index < -0.39 is 10.0 Å². The molecule has 0 bridgehead atoms. The lowest BCUT2D eigenvalue weighted by Gasteiger charge is -2.07. The Labute approximate surface area is 122 Å². The van der Waals surface area contributed by atoms with Crippen molar-refractivity contribution in [1.82, 2.24) is 4.98 Å². The molecule has 0 fully saturated rings. The van der Waals surface area contributed by atoms with Crippen LogP contribution in [0.3, 0.4) is 0 Å². The third kappa shape index (κ3) is 3.30. The predicted octanol–water partition coefficient (Wildman–Crippen LogP) is 3.41. The smallest absolute Gasteiger partial charge is 0.263 e. The first kappa shape index (κ1) is 13.5. The molecule has 1 heterocycles. The van der Waals surface area contributed by atoms with Gasteiger partial charge in [-0.3, -0.25) is 4.72 Å². The summed E-state index contributed by atoms with van der Waals surface area (Å²) in [5.41, 5.74) is 0. The fourth-order valence-electron chi connectivity index (χ4n) is 1.25. The minimum atomic E-state index is -3.59. The number of pyridine rings is 1. The SMILES string of the molecule is O=S(=O)(Nc1ccc(Br)cn1)c1ccc(Br)cc1. The van der Waals surface area contributed by atoms with Crippen LogP contribution in [-0.2, 0) is 10.0 Å². The van der Waals surface area contributed by atoms with Crippen LogP contribution in [0.2, 0.25) is 0 Å². The zero-order valence-corrected chi connectivity index (χ0v) is 13.0. The molecular weight excluding hydrogens is 384 g/mol. The molecule has 0 spiro atoms. The fraction of sp³-hybridized carbons (Fsp3) is 0. The van der Waals surface area contributed by atoms with Crippen LogP contribution in [-0.4, -0.2) is 13.4 Å². The zero-order chi connectivity index (χ0) is 13.2. The normalized spacial score (nSPS) is 11.2. The predicted molar refractivity (Wildman–Crippen MR) is 76.9 cm³/mol. The number of nitrogens with one attached hydrogen (secondary N) is 1. The average Bonchev–Trinajstić information content (AvgIpc) is 2.32. The average molecular weight is 392 g/mol. The number of hydrogen-bond acceptors (Lipinski definition) is 3. The van der Waals surface area contributed by atoms with Gasteiger partial charge >= 0.3 is 0 Å². The van der Waals surface area contributed by atoms with E-state index in [0.717, 1.165) is 8.95 Å². The monoisotopic (exact) mass is 390 g/mol. The van der Waals surface area contributed by atoms with Crippen molar-refractivity contribution in [2.45, 2.75) is 4.90 Å². The summed E-state index contributed by atoms with van der Waals surface area (Å²) in [6, 6.07) is 9.68. The number of anilines is 1. The summed E-state index contributed by atoms with van der Waals surface area (Å²) in [7, 11) is -3.59. The first-order valence-corrected chi connectivity index (χ1v) is 7.94. The van der Waals surface area contributed by atoms with E-state index in [-0.39, 0.29) is 10.7 Å². The van der Waals surface area contributed by atoms with Crippen molar-refractivity contribution >= 4 is 47.7 Å². The molecule has 0 aliphatic carbocycles. The van der Waals surface area contributed by atoms with Crippen molar-refractivity contribution in [3.05, 3.63) is 51.5 Å². The second-order valence-corrected chi connectivity index (χ2v) is 6.93. The summed E-state index contributed by atoms with van der Waals surface area (Å²) in [5, 5.41) is 0. The molecule has 4 nitrogen and oxygen atoms in total. The van der Waals surface area contributed by atoms with Crippen LogP contribution < -0.4 is 4.72 Å². The maximum absolute atomic E-state index is 12.0. The molecule has 18 heavy (non-hydrogen) atoms. The van der Waals surface area contributed by atoms with Gasteiger partial charge in [0.25, 0.3) is 10.0 Å². The van der Waals surface area contributed by atoms with Crippen molar-refractivity contribution in [2.75, 3.05) is 4.72 Å². The highest BCUT2D eigenvalue weighted by atomic mass is 79.9. The highest BCUT2D eigenvalue weighted by molar-refractivity contribution is 9.10. The Kier molecular flexibility index (Phi) is 4.04. The maximum atomic E-state index is 12.0. The van der Waals surface area contributed by atoms with Crippen molar-refractivity contribution in [1.29, 1.82) is 0 Å². The number of rotatable bonds is 3. The Morgan fingerprint density at radius 3 is 2.11 bits per heavy atom. The third-order valence-electron chi connectivity index (χ3n) is 2.09. The highest BCUT2D eigenvalue weighted by Gasteiger charge is 2.14. The van der Waals surface area contributed by atoms with Crippen LogP contribution in [0, 0.1) is 0 Å². The molecule has 1 aromatic heterocycles. The van der Waals surface area contributed by atoms with Crippen LogP contribution >= 0.6 is 31.9 Å². The number of benzene rings is 1. The first-order valence-electron chi connectivity index (χ1n) is 4.87. The van der Waals surface area contributed by atoms with E-state index in [1.54, 1.807) is 24.3 Å². The summed E-state index contributed by atoms with van der Waals surface area (Å²) in [4.78, 5) is 4.15. The summed E-state index contributed by atoms with van der Waals surface area (Å²) >= 11 is 6.49. The second kappa shape index (κ2) is 5.38. The number of aromatic nitrogens is 1. The molecule has 0 saturated heterocycles. The van der Waals surface area contributed by atoms with Gasteiger partial charge in [0.2, 0.25) is 0 Å². The molecule has 1 N–H and O–H groups in total. The van der Waals surface area contributed by atoms with Crippen molar-refractivity contribution in [2.24, 2.45) is 0 Å². The Hall–Kier alpha value is -0.920. The molecule has 94 valence electrons. The van der Waals surface area contributed by atoms with Crippen LogP contribution in [0.25, 0.3) is 0 Å². The molecule has 0 atom stereocenters. The van der Waals surface area contributed by atoms with E-state index in [4.69, 9.17) is 0 Å². The lowest BCUT2D eigenvalue weighted by Crippen LogP contribution is -2.13. The van der Waals surface area contributed by atoms with E-state index in [2.05, 4.69) is 41.6 Å². The highest BCUT2D eigenvalue weighted by Crippen LogP contribution is 2.18. The molecule has 0 radical (unpaired) electrons. The molecule has 7 heteroatoms. The molecule has 0 aliphatic rings. The van der Waals surface area contributed by atoms with E-state index in [1.165, 1.54) is 18.3 Å². The largest absolute Gasteiger partial charge is 0.263 e. The van der Waals surface area contributed by atoms with Gasteiger partial charge in [-0.1, -0.05) is 15.9 Å². The lowest BCUT2D eigenvalue weighted by molar-refractivity contribution is 0.601. The molecule has 0 aliphatic heterocycles. The van der Waals surface area contributed by atoms with Crippen molar-refractivity contribution in [3.63, 3.8) is 0 Å². The van der Waals surface area contributed by atoms with E-state index >= 15 is 0 Å². The standard InChI is InChI=1S/C11H8Br2N2O2S/c12-8-1-4-10(5-2-8)18(16,17)15-11-6-3-9(13)7-14-11/h1-7H,(H,14,15). The van der Waals surface area contributed by atoms with Gasteiger partial charge in [-0.15, -0.1) is 0 Å². The van der Waals surface area contributed by atoms with Gasteiger partial charge in [0.15, 0.2) is 0 Å². The molecule has 1 aromatic carbocycles. The van der Waals surface area contributed by atoms with Crippen LogP contribution in [0.15, 0.2) is 56.4 Å². The lowest BCUT2D eigenvalue weighted by atomic mass is 10.4. The number of sulfonamides is 1. The molecule has 0 saturated carbocycles. The minimum Gasteiger partial charge on any atom is -0.263 e. The van der Waals surface area contributed by atoms with Gasteiger partial charge in [-0.2, -0.15) is 0 Å². The Morgan fingerprint density at radius 2 is 1.56 bits per heavy atom. The van der Waals surface area contributed by atoms with E-state index in [0.29, 0.717) is 0 Å².